The highest BCUT2D eigenvalue weighted by Gasteiger charge is 2.04. The molecule has 4 nitrogen and oxygen atoms in total. The monoisotopic (exact) mass is 318 g/mol. The first-order valence-corrected chi connectivity index (χ1v) is 9.02. The Bertz CT molecular complexity index is 732. The van der Waals surface area contributed by atoms with Gasteiger partial charge in [-0.1, -0.05) is 18.7 Å². The third kappa shape index (κ3) is 3.39. The fourth-order valence-corrected chi connectivity index (χ4v) is 3.68. The summed E-state index contributed by atoms with van der Waals surface area (Å²) in [5.41, 5.74) is 3.41. The summed E-state index contributed by atoms with van der Waals surface area (Å²) in [6, 6.07) is 6.33. The van der Waals surface area contributed by atoms with Crippen LogP contribution in [0.1, 0.15) is 18.9 Å². The van der Waals surface area contributed by atoms with Gasteiger partial charge in [-0.2, -0.15) is 5.10 Å². The molecule has 0 unspecified atom stereocenters. The number of aryl methyl sites for hydroxylation is 1. The number of hydrogen-bond acceptors (Lipinski definition) is 5. The van der Waals surface area contributed by atoms with Crippen LogP contribution in [0.25, 0.3) is 10.2 Å². The zero-order valence-corrected chi connectivity index (χ0v) is 13.8. The first-order valence-electron chi connectivity index (χ1n) is 6.98. The van der Waals surface area contributed by atoms with Crippen LogP contribution in [0.2, 0.25) is 0 Å². The summed E-state index contributed by atoms with van der Waals surface area (Å²) in [5, 5.41) is 7.80. The summed E-state index contributed by atoms with van der Waals surface area (Å²) < 4.78 is 4.34. The van der Waals surface area contributed by atoms with Gasteiger partial charge in [0.1, 0.15) is 0 Å². The van der Waals surface area contributed by atoms with E-state index in [4.69, 9.17) is 0 Å². The van der Waals surface area contributed by atoms with E-state index in [-0.39, 0.29) is 0 Å². The lowest BCUT2D eigenvalue weighted by Gasteiger charge is -2.04. The molecule has 0 aliphatic rings. The second-order valence-electron chi connectivity index (χ2n) is 4.83. The number of hydrogen-bond donors (Lipinski definition) is 1. The van der Waals surface area contributed by atoms with Crippen molar-refractivity contribution in [1.82, 2.24) is 14.8 Å². The number of benzene rings is 1. The zero-order chi connectivity index (χ0) is 14.7. The van der Waals surface area contributed by atoms with Gasteiger partial charge in [0.15, 0.2) is 4.34 Å². The molecule has 0 bridgehead atoms. The highest BCUT2D eigenvalue weighted by atomic mass is 32.2. The molecular formula is C15H18N4S2. The van der Waals surface area contributed by atoms with Crippen molar-refractivity contribution < 1.29 is 0 Å². The maximum Gasteiger partial charge on any atom is 0.150 e. The maximum atomic E-state index is 4.55. The molecule has 0 aliphatic heterocycles. The smallest absolute Gasteiger partial charge is 0.150 e. The van der Waals surface area contributed by atoms with Crippen molar-refractivity contribution in [3.8, 4) is 0 Å². The number of aromatic nitrogens is 3. The third-order valence-electron chi connectivity index (χ3n) is 3.18. The van der Waals surface area contributed by atoms with E-state index in [1.165, 1.54) is 10.3 Å². The standard InChI is InChI=1S/C15H18N4S2/c1-3-6-19-10-11(9-17-19)8-16-12-4-5-13-14(7-12)21-15(18-13)20-2/h4-5,7,9-10,16H,3,6,8H2,1-2H3. The van der Waals surface area contributed by atoms with Crippen molar-refractivity contribution in [3.63, 3.8) is 0 Å². The molecule has 6 heteroatoms. The van der Waals surface area contributed by atoms with Crippen LogP contribution in [0, 0.1) is 0 Å². The molecule has 0 spiro atoms. The van der Waals surface area contributed by atoms with Crippen molar-refractivity contribution in [3.05, 3.63) is 36.2 Å². The fourth-order valence-electron chi connectivity index (χ4n) is 2.15. The van der Waals surface area contributed by atoms with E-state index >= 15 is 0 Å². The minimum absolute atomic E-state index is 0.795. The van der Waals surface area contributed by atoms with E-state index in [1.54, 1.807) is 23.1 Å². The topological polar surface area (TPSA) is 42.7 Å². The van der Waals surface area contributed by atoms with Crippen molar-refractivity contribution in [1.29, 1.82) is 0 Å². The molecule has 21 heavy (non-hydrogen) atoms. The van der Waals surface area contributed by atoms with Crippen molar-refractivity contribution >= 4 is 39.0 Å². The van der Waals surface area contributed by atoms with Crippen LogP contribution < -0.4 is 5.32 Å². The Labute approximate surface area is 132 Å². The normalized spacial score (nSPS) is 11.1. The van der Waals surface area contributed by atoms with Crippen LogP contribution in [-0.2, 0) is 13.1 Å². The quantitative estimate of drug-likeness (QED) is 0.690. The van der Waals surface area contributed by atoms with E-state index in [2.05, 4.69) is 53.0 Å². The predicted molar refractivity (Wildman–Crippen MR) is 91.2 cm³/mol. The number of anilines is 1. The number of nitrogens with zero attached hydrogens (tertiary/aromatic N) is 3. The molecule has 3 aromatic rings. The summed E-state index contributed by atoms with van der Waals surface area (Å²) in [4.78, 5) is 4.55. The minimum Gasteiger partial charge on any atom is -0.381 e. The van der Waals surface area contributed by atoms with Crippen molar-refractivity contribution in [2.24, 2.45) is 0 Å². The third-order valence-corrected chi connectivity index (χ3v) is 5.18. The Kier molecular flexibility index (Phi) is 4.45. The van der Waals surface area contributed by atoms with Crippen LogP contribution in [-0.4, -0.2) is 21.0 Å². The van der Waals surface area contributed by atoms with Crippen LogP contribution in [0.4, 0.5) is 5.69 Å². The van der Waals surface area contributed by atoms with Gasteiger partial charge in [0.2, 0.25) is 0 Å². The highest BCUT2D eigenvalue weighted by molar-refractivity contribution is 8.00. The summed E-state index contributed by atoms with van der Waals surface area (Å²) in [5.74, 6) is 0. The molecular weight excluding hydrogens is 300 g/mol. The molecule has 0 saturated carbocycles. The van der Waals surface area contributed by atoms with Crippen molar-refractivity contribution in [2.45, 2.75) is 30.8 Å². The lowest BCUT2D eigenvalue weighted by Crippen LogP contribution is -1.99. The van der Waals surface area contributed by atoms with Crippen LogP contribution in [0.5, 0.6) is 0 Å². The second kappa shape index (κ2) is 6.49. The fraction of sp³-hybridized carbons (Fsp3) is 0.333. The second-order valence-corrected chi connectivity index (χ2v) is 6.92. The van der Waals surface area contributed by atoms with Gasteiger partial charge in [0.25, 0.3) is 0 Å². The zero-order valence-electron chi connectivity index (χ0n) is 12.2. The predicted octanol–water partition coefficient (Wildman–Crippen LogP) is 4.24. The first kappa shape index (κ1) is 14.4. The SMILES string of the molecule is CCCn1cc(CNc2ccc3nc(SC)sc3c2)cn1. The largest absolute Gasteiger partial charge is 0.381 e. The Balaban J connectivity index is 1.69. The molecule has 1 N–H and O–H groups in total. The number of thiazole rings is 1. The van der Waals surface area contributed by atoms with E-state index < -0.39 is 0 Å². The molecule has 1 aromatic carbocycles. The van der Waals surface area contributed by atoms with Gasteiger partial charge in [-0.15, -0.1) is 11.3 Å². The Hall–Kier alpha value is -1.53. The van der Waals surface area contributed by atoms with Gasteiger partial charge < -0.3 is 5.32 Å². The number of nitrogens with one attached hydrogen (secondary N) is 1. The number of thioether (sulfide) groups is 1. The summed E-state index contributed by atoms with van der Waals surface area (Å²) in [6.45, 7) is 3.93. The van der Waals surface area contributed by atoms with Gasteiger partial charge in [-0.05, 0) is 30.9 Å². The maximum absolute atomic E-state index is 4.55. The summed E-state index contributed by atoms with van der Waals surface area (Å²) in [6.07, 6.45) is 7.20. The van der Waals surface area contributed by atoms with Gasteiger partial charge in [0, 0.05) is 30.5 Å². The number of rotatable bonds is 6. The Morgan fingerprint density at radius 1 is 1.38 bits per heavy atom. The van der Waals surface area contributed by atoms with E-state index in [0.717, 1.165) is 35.1 Å². The average molecular weight is 318 g/mol. The molecule has 0 aliphatic carbocycles. The molecule has 0 fully saturated rings. The lowest BCUT2D eigenvalue weighted by molar-refractivity contribution is 0.602. The molecule has 0 saturated heterocycles. The molecule has 3 rings (SSSR count). The molecule has 0 radical (unpaired) electrons. The van der Waals surface area contributed by atoms with Crippen molar-refractivity contribution in [2.75, 3.05) is 11.6 Å². The van der Waals surface area contributed by atoms with Crippen LogP contribution >= 0.6 is 23.1 Å². The molecule has 110 valence electrons. The van der Waals surface area contributed by atoms with Crippen LogP contribution in [0.3, 0.4) is 0 Å². The van der Waals surface area contributed by atoms with Crippen LogP contribution in [0.15, 0.2) is 34.9 Å². The van der Waals surface area contributed by atoms with E-state index in [0.29, 0.717) is 0 Å². The highest BCUT2D eigenvalue weighted by Crippen LogP contribution is 2.30. The average Bonchev–Trinajstić information content (AvgIpc) is 3.11. The van der Waals surface area contributed by atoms with Gasteiger partial charge >= 0.3 is 0 Å². The Morgan fingerprint density at radius 3 is 3.10 bits per heavy atom. The summed E-state index contributed by atoms with van der Waals surface area (Å²) in [7, 11) is 0. The number of fused-ring (bicyclic) bond motifs is 1. The van der Waals surface area contributed by atoms with E-state index in [1.807, 2.05) is 10.9 Å². The van der Waals surface area contributed by atoms with Gasteiger partial charge in [-0.3, -0.25) is 4.68 Å². The molecule has 2 heterocycles. The van der Waals surface area contributed by atoms with Gasteiger partial charge in [0.05, 0.1) is 16.4 Å². The first-order chi connectivity index (χ1) is 10.3. The Morgan fingerprint density at radius 2 is 2.29 bits per heavy atom. The molecule has 0 amide bonds. The van der Waals surface area contributed by atoms with Gasteiger partial charge in [-0.25, -0.2) is 4.98 Å². The molecule has 2 aromatic heterocycles. The minimum atomic E-state index is 0.795. The summed E-state index contributed by atoms with van der Waals surface area (Å²) >= 11 is 3.43. The van der Waals surface area contributed by atoms with E-state index in [9.17, 15) is 0 Å². The molecule has 0 atom stereocenters. The lowest BCUT2D eigenvalue weighted by atomic mass is 10.3.